The first kappa shape index (κ1) is 26.0. The lowest BCUT2D eigenvalue weighted by molar-refractivity contribution is -0.138. The van der Waals surface area contributed by atoms with Crippen LogP contribution in [0.2, 0.25) is 0 Å². The Morgan fingerprint density at radius 3 is 2.59 bits per heavy atom. The van der Waals surface area contributed by atoms with E-state index in [0.717, 1.165) is 41.2 Å². The summed E-state index contributed by atoms with van der Waals surface area (Å²) in [5, 5.41) is 13.6. The van der Waals surface area contributed by atoms with Gasteiger partial charge in [-0.25, -0.2) is 0 Å². The quantitative estimate of drug-likeness (QED) is 0.433. The summed E-state index contributed by atoms with van der Waals surface area (Å²) in [6.45, 7) is 6.91. The van der Waals surface area contributed by atoms with Crippen molar-refractivity contribution < 1.29 is 17.9 Å². The number of fused-ring (bicyclic) bond motifs is 1. The Balaban J connectivity index is 0.00000324. The summed E-state index contributed by atoms with van der Waals surface area (Å²) in [5.41, 5.74) is 0.928. The highest BCUT2D eigenvalue weighted by Gasteiger charge is 2.33. The molecule has 0 bridgehead atoms. The molecule has 34 heavy (non-hydrogen) atoms. The van der Waals surface area contributed by atoms with Gasteiger partial charge in [0.05, 0.1) is 17.3 Å². The van der Waals surface area contributed by atoms with Crippen LogP contribution in [0.1, 0.15) is 48.2 Å². The van der Waals surface area contributed by atoms with Gasteiger partial charge in [-0.2, -0.15) is 18.3 Å². The number of hydrogen-bond acceptors (Lipinski definition) is 5. The molecule has 0 amide bonds. The van der Waals surface area contributed by atoms with E-state index < -0.39 is 17.8 Å². The SMILES string of the molecule is Cc1c(C(C)Nc2nnc(C)c3ccc(OC[C@@H]4CCCN4C)cc23)cccc1C(F)(F)F.Cl. The van der Waals surface area contributed by atoms with Crippen LogP contribution >= 0.6 is 12.4 Å². The Kier molecular flexibility index (Phi) is 7.93. The molecule has 2 atom stereocenters. The summed E-state index contributed by atoms with van der Waals surface area (Å²) < 4.78 is 46.2. The molecule has 1 aliphatic rings. The van der Waals surface area contributed by atoms with Crippen molar-refractivity contribution in [2.24, 2.45) is 0 Å². The zero-order valence-corrected chi connectivity index (χ0v) is 20.6. The van der Waals surface area contributed by atoms with Crippen LogP contribution < -0.4 is 10.1 Å². The number of likely N-dealkylation sites (N-methyl/N-ethyl adjacent to an activating group) is 1. The van der Waals surface area contributed by atoms with Gasteiger partial charge >= 0.3 is 6.18 Å². The fraction of sp³-hybridized carbons (Fsp3) is 0.440. The van der Waals surface area contributed by atoms with E-state index in [4.69, 9.17) is 4.74 Å². The van der Waals surface area contributed by atoms with E-state index in [9.17, 15) is 13.2 Å². The molecule has 2 aromatic carbocycles. The summed E-state index contributed by atoms with van der Waals surface area (Å²) in [7, 11) is 2.11. The van der Waals surface area contributed by atoms with Crippen molar-refractivity contribution in [3.63, 3.8) is 0 Å². The van der Waals surface area contributed by atoms with Crippen LogP contribution in [0.4, 0.5) is 19.0 Å². The van der Waals surface area contributed by atoms with E-state index in [1.807, 2.05) is 32.0 Å². The lowest BCUT2D eigenvalue weighted by Crippen LogP contribution is -2.30. The number of rotatable bonds is 6. The normalized spacial score (nSPS) is 17.4. The van der Waals surface area contributed by atoms with Crippen LogP contribution in [-0.2, 0) is 6.18 Å². The molecule has 0 spiro atoms. The molecule has 184 valence electrons. The molecule has 0 aliphatic carbocycles. The number of aromatic nitrogens is 2. The molecule has 1 N–H and O–H groups in total. The number of nitrogens with zero attached hydrogens (tertiary/aromatic N) is 3. The first-order valence-electron chi connectivity index (χ1n) is 11.2. The third kappa shape index (κ3) is 5.39. The average Bonchev–Trinajstić information content (AvgIpc) is 3.18. The second-order valence-corrected chi connectivity index (χ2v) is 8.81. The van der Waals surface area contributed by atoms with E-state index in [0.29, 0.717) is 24.0 Å². The lowest BCUT2D eigenvalue weighted by atomic mass is 9.97. The van der Waals surface area contributed by atoms with Crippen LogP contribution in [0, 0.1) is 13.8 Å². The molecular formula is C25H30ClF3N4O. The van der Waals surface area contributed by atoms with Gasteiger partial charge in [0.15, 0.2) is 5.82 Å². The molecule has 4 rings (SSSR count). The molecule has 1 aromatic heterocycles. The van der Waals surface area contributed by atoms with Gasteiger partial charge < -0.3 is 15.0 Å². The molecular weight excluding hydrogens is 465 g/mol. The molecule has 1 aliphatic heterocycles. The Bertz CT molecular complexity index is 1150. The highest BCUT2D eigenvalue weighted by molar-refractivity contribution is 5.94. The largest absolute Gasteiger partial charge is 0.492 e. The zero-order valence-electron chi connectivity index (χ0n) is 19.7. The third-order valence-corrected chi connectivity index (χ3v) is 6.55. The number of alkyl halides is 3. The van der Waals surface area contributed by atoms with E-state index in [2.05, 4.69) is 27.5 Å². The number of likely N-dealkylation sites (tertiary alicyclic amines) is 1. The monoisotopic (exact) mass is 494 g/mol. The van der Waals surface area contributed by atoms with Crippen molar-refractivity contribution >= 4 is 29.0 Å². The molecule has 0 saturated carbocycles. The topological polar surface area (TPSA) is 50.3 Å². The number of halogens is 4. The van der Waals surface area contributed by atoms with Gasteiger partial charge in [-0.3, -0.25) is 0 Å². The summed E-state index contributed by atoms with van der Waals surface area (Å²) in [5.74, 6) is 1.25. The number of nitrogens with one attached hydrogen (secondary N) is 1. The van der Waals surface area contributed by atoms with E-state index in [1.165, 1.54) is 19.4 Å². The summed E-state index contributed by atoms with van der Waals surface area (Å²) in [4.78, 5) is 2.31. The van der Waals surface area contributed by atoms with E-state index in [1.54, 1.807) is 6.07 Å². The minimum atomic E-state index is -4.39. The van der Waals surface area contributed by atoms with Gasteiger partial charge in [0.1, 0.15) is 12.4 Å². The first-order valence-corrected chi connectivity index (χ1v) is 11.2. The number of hydrogen-bond donors (Lipinski definition) is 1. The highest BCUT2D eigenvalue weighted by atomic mass is 35.5. The smallest absolute Gasteiger partial charge is 0.416 e. The Hall–Kier alpha value is -2.58. The maximum absolute atomic E-state index is 13.4. The maximum Gasteiger partial charge on any atom is 0.416 e. The molecule has 1 fully saturated rings. The Labute approximate surface area is 204 Å². The first-order chi connectivity index (χ1) is 15.6. The molecule has 1 saturated heterocycles. The van der Waals surface area contributed by atoms with Gasteiger partial charge in [0.25, 0.3) is 0 Å². The van der Waals surface area contributed by atoms with Gasteiger partial charge in [-0.1, -0.05) is 12.1 Å². The van der Waals surface area contributed by atoms with E-state index in [-0.39, 0.29) is 18.0 Å². The van der Waals surface area contributed by atoms with Crippen LogP contribution in [0.25, 0.3) is 10.8 Å². The molecule has 5 nitrogen and oxygen atoms in total. The van der Waals surface area contributed by atoms with E-state index >= 15 is 0 Å². The lowest BCUT2D eigenvalue weighted by Gasteiger charge is -2.21. The van der Waals surface area contributed by atoms with Crippen molar-refractivity contribution in [1.29, 1.82) is 0 Å². The molecule has 9 heteroatoms. The van der Waals surface area contributed by atoms with Crippen molar-refractivity contribution in [3.8, 4) is 5.75 Å². The fourth-order valence-electron chi connectivity index (χ4n) is 4.56. The minimum absolute atomic E-state index is 0. The van der Waals surface area contributed by atoms with Gasteiger partial charge in [0, 0.05) is 16.8 Å². The number of benzene rings is 2. The standard InChI is InChI=1S/C25H29F3N4O.ClH/c1-15-20(8-5-9-23(15)25(26,27)28)16(2)29-24-22-13-19(10-11-21(22)17(3)30-31-24)33-14-18-7-6-12-32(18)4;/h5,8-11,13,16,18H,6-7,12,14H2,1-4H3,(H,29,31);1H/t16?,18-;/m0./s1. The van der Waals surface area contributed by atoms with Crippen molar-refractivity contribution in [2.75, 3.05) is 25.5 Å². The van der Waals surface area contributed by atoms with Crippen molar-refractivity contribution in [3.05, 3.63) is 58.8 Å². The Morgan fingerprint density at radius 2 is 1.91 bits per heavy atom. The van der Waals surface area contributed by atoms with Crippen LogP contribution in [0.15, 0.2) is 36.4 Å². The number of ether oxygens (including phenoxy) is 1. The zero-order chi connectivity index (χ0) is 23.8. The predicted octanol–water partition coefficient (Wildman–Crippen LogP) is 6.33. The Morgan fingerprint density at radius 1 is 1.15 bits per heavy atom. The number of aryl methyl sites for hydroxylation is 1. The fourth-order valence-corrected chi connectivity index (χ4v) is 4.56. The third-order valence-electron chi connectivity index (χ3n) is 6.55. The second kappa shape index (κ2) is 10.4. The van der Waals surface area contributed by atoms with Gasteiger partial charge in [-0.15, -0.1) is 17.5 Å². The average molecular weight is 495 g/mol. The summed E-state index contributed by atoms with van der Waals surface area (Å²) in [6.07, 6.45) is -2.09. The highest BCUT2D eigenvalue weighted by Crippen LogP contribution is 2.36. The predicted molar refractivity (Wildman–Crippen MR) is 131 cm³/mol. The number of anilines is 1. The maximum atomic E-state index is 13.4. The van der Waals surface area contributed by atoms with Gasteiger partial charge in [-0.05, 0) is 82.6 Å². The molecule has 2 heterocycles. The molecule has 3 aromatic rings. The van der Waals surface area contributed by atoms with Crippen molar-refractivity contribution in [1.82, 2.24) is 15.1 Å². The second-order valence-electron chi connectivity index (χ2n) is 8.81. The van der Waals surface area contributed by atoms with Crippen molar-refractivity contribution in [2.45, 2.75) is 51.9 Å². The molecule has 1 unspecified atom stereocenters. The minimum Gasteiger partial charge on any atom is -0.492 e. The van der Waals surface area contributed by atoms with Crippen LogP contribution in [0.5, 0.6) is 5.75 Å². The molecule has 0 radical (unpaired) electrons. The summed E-state index contributed by atoms with van der Waals surface area (Å²) in [6, 6.07) is 10.1. The van der Waals surface area contributed by atoms with Crippen LogP contribution in [-0.4, -0.2) is 41.3 Å². The van der Waals surface area contributed by atoms with Crippen LogP contribution in [0.3, 0.4) is 0 Å². The summed E-state index contributed by atoms with van der Waals surface area (Å²) >= 11 is 0. The van der Waals surface area contributed by atoms with Gasteiger partial charge in [0.2, 0.25) is 0 Å².